The van der Waals surface area contributed by atoms with Crippen LogP contribution in [0.25, 0.3) is 0 Å². The summed E-state index contributed by atoms with van der Waals surface area (Å²) in [6.45, 7) is 10.2. The van der Waals surface area contributed by atoms with Gasteiger partial charge in [-0.2, -0.15) is 0 Å². The highest BCUT2D eigenvalue weighted by Gasteiger charge is 2.35. The van der Waals surface area contributed by atoms with Crippen molar-refractivity contribution in [1.82, 2.24) is 9.80 Å². The van der Waals surface area contributed by atoms with E-state index in [9.17, 15) is 0 Å². The minimum absolute atomic E-state index is 0.275. The molecule has 0 spiro atoms. The summed E-state index contributed by atoms with van der Waals surface area (Å²) in [5.41, 5.74) is 6.43. The molecule has 1 atom stereocenters. The number of nitrogens with zero attached hydrogens (tertiary/aromatic N) is 2. The van der Waals surface area contributed by atoms with E-state index >= 15 is 0 Å². The summed E-state index contributed by atoms with van der Waals surface area (Å²) in [5.74, 6) is 0. The van der Waals surface area contributed by atoms with Crippen molar-refractivity contribution in [3.8, 4) is 0 Å². The van der Waals surface area contributed by atoms with Crippen LogP contribution < -0.4 is 5.73 Å². The van der Waals surface area contributed by atoms with Crippen molar-refractivity contribution in [2.24, 2.45) is 5.73 Å². The Morgan fingerprint density at radius 2 is 1.76 bits per heavy atom. The van der Waals surface area contributed by atoms with Crippen LogP contribution in [-0.2, 0) is 0 Å². The third-order valence-corrected chi connectivity index (χ3v) is 4.18. The van der Waals surface area contributed by atoms with E-state index in [1.807, 2.05) is 0 Å². The number of nitrogens with two attached hydrogens (primary N) is 1. The molecule has 0 aromatic carbocycles. The van der Waals surface area contributed by atoms with Crippen molar-refractivity contribution in [1.29, 1.82) is 0 Å². The van der Waals surface area contributed by atoms with Gasteiger partial charge in [0.05, 0.1) is 0 Å². The van der Waals surface area contributed by atoms with Crippen LogP contribution in [0.15, 0.2) is 0 Å². The Morgan fingerprint density at radius 3 is 2.29 bits per heavy atom. The molecule has 1 heterocycles. The lowest BCUT2D eigenvalue weighted by Gasteiger charge is -2.43. The zero-order chi connectivity index (χ0) is 12.7. The van der Waals surface area contributed by atoms with Crippen LogP contribution >= 0.6 is 0 Å². The first kappa shape index (κ1) is 14.9. The van der Waals surface area contributed by atoms with Crippen LogP contribution in [-0.4, -0.2) is 55.1 Å². The summed E-state index contributed by atoms with van der Waals surface area (Å²) in [4.78, 5) is 5.12. The van der Waals surface area contributed by atoms with Crippen molar-refractivity contribution < 1.29 is 0 Å². The molecule has 0 radical (unpaired) electrons. The molecule has 17 heavy (non-hydrogen) atoms. The number of hydrogen-bond acceptors (Lipinski definition) is 3. The maximum atomic E-state index is 6.15. The molecule has 1 aliphatic heterocycles. The van der Waals surface area contributed by atoms with Gasteiger partial charge in [0.15, 0.2) is 0 Å². The minimum Gasteiger partial charge on any atom is -0.329 e. The van der Waals surface area contributed by atoms with Gasteiger partial charge < -0.3 is 10.6 Å². The zero-order valence-corrected chi connectivity index (χ0v) is 12.0. The molecule has 0 bridgehead atoms. The smallest absolute Gasteiger partial charge is 0.0344 e. The Kier molecular flexibility index (Phi) is 6.45. The van der Waals surface area contributed by atoms with Gasteiger partial charge in [-0.15, -0.1) is 0 Å². The second kappa shape index (κ2) is 7.34. The molecule has 1 saturated heterocycles. The first-order valence-electron chi connectivity index (χ1n) is 7.32. The summed E-state index contributed by atoms with van der Waals surface area (Å²) in [6.07, 6.45) is 6.26. The van der Waals surface area contributed by atoms with E-state index in [2.05, 4.69) is 30.7 Å². The average Bonchev–Trinajstić information content (AvgIpc) is 2.52. The molecule has 102 valence electrons. The Balaban J connectivity index is 2.74. The Hall–Kier alpha value is -0.120. The monoisotopic (exact) mass is 241 g/mol. The van der Waals surface area contributed by atoms with E-state index in [0.29, 0.717) is 0 Å². The molecular weight excluding hydrogens is 210 g/mol. The molecule has 0 aromatic rings. The highest BCUT2D eigenvalue weighted by atomic mass is 15.2. The molecule has 0 aromatic heterocycles. The van der Waals surface area contributed by atoms with Gasteiger partial charge in [0.25, 0.3) is 0 Å². The van der Waals surface area contributed by atoms with Crippen LogP contribution in [0.2, 0.25) is 0 Å². The molecule has 0 aliphatic carbocycles. The first-order chi connectivity index (χ1) is 8.18. The van der Waals surface area contributed by atoms with Crippen molar-refractivity contribution in [3.05, 3.63) is 0 Å². The maximum Gasteiger partial charge on any atom is 0.0344 e. The van der Waals surface area contributed by atoms with E-state index in [4.69, 9.17) is 5.73 Å². The van der Waals surface area contributed by atoms with Gasteiger partial charge in [0.2, 0.25) is 0 Å². The van der Waals surface area contributed by atoms with Crippen molar-refractivity contribution >= 4 is 0 Å². The molecule has 1 fully saturated rings. The molecule has 2 N–H and O–H groups in total. The molecule has 1 rings (SSSR count). The van der Waals surface area contributed by atoms with Gasteiger partial charge >= 0.3 is 0 Å². The van der Waals surface area contributed by atoms with Crippen LogP contribution in [0.3, 0.4) is 0 Å². The standard InChI is InChI=1S/C14H31N3/c1-4-9-17(10-5-2)14(13-15)7-6-11-16(3)12-8-14/h4-13,15H2,1-3H3. The van der Waals surface area contributed by atoms with Crippen LogP contribution in [0.1, 0.15) is 46.0 Å². The predicted octanol–water partition coefficient (Wildman–Crippen LogP) is 1.92. The van der Waals surface area contributed by atoms with E-state index in [1.165, 1.54) is 58.3 Å². The third-order valence-electron chi connectivity index (χ3n) is 4.18. The summed E-state index contributed by atoms with van der Waals surface area (Å²) < 4.78 is 0. The highest BCUT2D eigenvalue weighted by Crippen LogP contribution is 2.28. The van der Waals surface area contributed by atoms with Gasteiger partial charge in [-0.3, -0.25) is 4.90 Å². The summed E-state index contributed by atoms with van der Waals surface area (Å²) >= 11 is 0. The van der Waals surface area contributed by atoms with Crippen molar-refractivity contribution in [2.45, 2.75) is 51.5 Å². The molecule has 0 amide bonds. The lowest BCUT2D eigenvalue weighted by Crippen LogP contribution is -2.54. The summed E-state index contributed by atoms with van der Waals surface area (Å²) in [5, 5.41) is 0. The molecule has 3 heteroatoms. The fourth-order valence-corrected chi connectivity index (χ4v) is 3.09. The zero-order valence-electron chi connectivity index (χ0n) is 12.0. The molecular formula is C14H31N3. The predicted molar refractivity (Wildman–Crippen MR) is 75.3 cm³/mol. The molecule has 3 nitrogen and oxygen atoms in total. The number of likely N-dealkylation sites (tertiary alicyclic amines) is 1. The Bertz CT molecular complexity index is 202. The van der Waals surface area contributed by atoms with E-state index in [1.54, 1.807) is 0 Å². The largest absolute Gasteiger partial charge is 0.329 e. The number of hydrogen-bond donors (Lipinski definition) is 1. The fraction of sp³-hybridized carbons (Fsp3) is 1.00. The van der Waals surface area contributed by atoms with Gasteiger partial charge in [-0.05, 0) is 65.3 Å². The minimum atomic E-state index is 0.275. The normalized spacial score (nSPS) is 27.4. The topological polar surface area (TPSA) is 32.5 Å². The average molecular weight is 241 g/mol. The van der Waals surface area contributed by atoms with Gasteiger partial charge in [0.1, 0.15) is 0 Å². The van der Waals surface area contributed by atoms with Crippen LogP contribution in [0, 0.1) is 0 Å². The van der Waals surface area contributed by atoms with Gasteiger partial charge in [0, 0.05) is 12.1 Å². The lowest BCUT2D eigenvalue weighted by atomic mass is 9.88. The third kappa shape index (κ3) is 3.94. The van der Waals surface area contributed by atoms with Crippen molar-refractivity contribution in [3.63, 3.8) is 0 Å². The summed E-state index contributed by atoms with van der Waals surface area (Å²) in [7, 11) is 2.23. The van der Waals surface area contributed by atoms with E-state index < -0.39 is 0 Å². The van der Waals surface area contributed by atoms with E-state index in [0.717, 1.165) is 6.54 Å². The van der Waals surface area contributed by atoms with Crippen LogP contribution in [0.4, 0.5) is 0 Å². The molecule has 1 unspecified atom stereocenters. The number of rotatable bonds is 6. The van der Waals surface area contributed by atoms with Gasteiger partial charge in [-0.25, -0.2) is 0 Å². The van der Waals surface area contributed by atoms with Crippen molar-refractivity contribution in [2.75, 3.05) is 39.8 Å². The second-order valence-electron chi connectivity index (χ2n) is 5.57. The summed E-state index contributed by atoms with van der Waals surface area (Å²) in [6, 6.07) is 0. The molecule has 0 saturated carbocycles. The first-order valence-corrected chi connectivity index (χ1v) is 7.32. The fourth-order valence-electron chi connectivity index (χ4n) is 3.09. The van der Waals surface area contributed by atoms with Gasteiger partial charge in [-0.1, -0.05) is 13.8 Å². The highest BCUT2D eigenvalue weighted by molar-refractivity contribution is 4.94. The Morgan fingerprint density at radius 1 is 1.12 bits per heavy atom. The Labute approximate surface area is 107 Å². The second-order valence-corrected chi connectivity index (χ2v) is 5.57. The molecule has 1 aliphatic rings. The lowest BCUT2D eigenvalue weighted by molar-refractivity contribution is 0.0783. The SMILES string of the molecule is CCCN(CCC)C1(CN)CCCN(C)CC1. The van der Waals surface area contributed by atoms with Crippen LogP contribution in [0.5, 0.6) is 0 Å². The maximum absolute atomic E-state index is 6.15. The quantitative estimate of drug-likeness (QED) is 0.771. The van der Waals surface area contributed by atoms with E-state index in [-0.39, 0.29) is 5.54 Å².